The monoisotopic (exact) mass is 347 g/mol. The van der Waals surface area contributed by atoms with Gasteiger partial charge in [0.15, 0.2) is 5.78 Å². The molecule has 1 amide bonds. The molecule has 110 valence electrons. The summed E-state index contributed by atoms with van der Waals surface area (Å²) in [5.74, 6) is 0.808. The number of benzene rings is 1. The van der Waals surface area contributed by atoms with Crippen molar-refractivity contribution in [3.63, 3.8) is 0 Å². The smallest absolute Gasteiger partial charge is 0.224 e. The summed E-state index contributed by atoms with van der Waals surface area (Å²) in [7, 11) is 0. The number of fused-ring (bicyclic) bond motifs is 1. The summed E-state index contributed by atoms with van der Waals surface area (Å²) in [5, 5.41) is 2.84. The minimum absolute atomic E-state index is 0.00930. The average Bonchev–Trinajstić information content (AvgIpc) is 3.04. The third-order valence-corrected chi connectivity index (χ3v) is 5.30. The molecule has 0 bridgehead atoms. The molecule has 2 aliphatic carbocycles. The van der Waals surface area contributed by atoms with Crippen molar-refractivity contribution in [1.82, 2.24) is 0 Å². The Morgan fingerprint density at radius 2 is 1.90 bits per heavy atom. The predicted molar refractivity (Wildman–Crippen MR) is 87.0 cm³/mol. The Morgan fingerprint density at radius 1 is 1.24 bits per heavy atom. The fourth-order valence-corrected chi connectivity index (χ4v) is 4.22. The Morgan fingerprint density at radius 3 is 2.57 bits per heavy atom. The second-order valence-electron chi connectivity index (χ2n) is 5.71. The highest BCUT2D eigenvalue weighted by molar-refractivity contribution is 9.12. The molecule has 2 aliphatic rings. The van der Waals surface area contributed by atoms with Gasteiger partial charge in [-0.15, -0.1) is 0 Å². The van der Waals surface area contributed by atoms with E-state index < -0.39 is 0 Å². The predicted octanol–water partition coefficient (Wildman–Crippen LogP) is 4.14. The minimum atomic E-state index is 0.00930. The fourth-order valence-electron chi connectivity index (χ4n) is 3.40. The summed E-state index contributed by atoms with van der Waals surface area (Å²) in [6.07, 6.45) is 3.70. The lowest BCUT2D eigenvalue weighted by Gasteiger charge is -2.14. The van der Waals surface area contributed by atoms with E-state index in [9.17, 15) is 9.59 Å². The number of carbonyl (C=O) groups excluding carboxylic acids is 2. The first-order valence-corrected chi connectivity index (χ1v) is 8.25. The first kappa shape index (κ1) is 14.5. The van der Waals surface area contributed by atoms with Crippen LogP contribution in [0.15, 0.2) is 28.7 Å². The van der Waals surface area contributed by atoms with Crippen LogP contribution in [0.1, 0.15) is 38.2 Å². The molecule has 2 unspecified atom stereocenters. The molecule has 1 aromatic carbocycles. The Bertz CT molecular complexity index is 618. The molecule has 4 heteroatoms. The van der Waals surface area contributed by atoms with Gasteiger partial charge >= 0.3 is 0 Å². The van der Waals surface area contributed by atoms with Crippen LogP contribution in [0, 0.1) is 11.8 Å². The molecule has 1 fully saturated rings. The summed E-state index contributed by atoms with van der Waals surface area (Å²) >= 11 is 3.49. The van der Waals surface area contributed by atoms with Crippen LogP contribution in [-0.2, 0) is 9.59 Å². The van der Waals surface area contributed by atoms with Gasteiger partial charge in [0.1, 0.15) is 0 Å². The molecule has 2 atom stereocenters. The van der Waals surface area contributed by atoms with E-state index in [1.54, 1.807) is 0 Å². The molecular weight excluding hydrogens is 330 g/mol. The van der Waals surface area contributed by atoms with Crippen molar-refractivity contribution >= 4 is 38.9 Å². The number of allylic oxidation sites excluding steroid dienone is 2. The van der Waals surface area contributed by atoms with E-state index in [1.165, 1.54) is 0 Å². The summed E-state index contributed by atoms with van der Waals surface area (Å²) in [6.45, 7) is 1.83. The Kier molecular flexibility index (Phi) is 3.98. The molecule has 21 heavy (non-hydrogen) atoms. The number of ketones is 1. The number of anilines is 1. The van der Waals surface area contributed by atoms with Gasteiger partial charge in [0, 0.05) is 18.0 Å². The molecule has 3 rings (SSSR count). The maximum atomic E-state index is 12.3. The lowest BCUT2D eigenvalue weighted by molar-refractivity contribution is -0.118. The Labute approximate surface area is 132 Å². The SMILES string of the molecule is CCC(=O)Nc1ccc(C2=C(Br)C(=O)C3CCCC23)cc1. The number of hydrogen-bond donors (Lipinski definition) is 1. The zero-order valence-corrected chi connectivity index (χ0v) is 13.6. The van der Waals surface area contributed by atoms with Crippen LogP contribution in [0.4, 0.5) is 5.69 Å². The number of rotatable bonds is 3. The molecule has 0 saturated heterocycles. The first-order valence-electron chi connectivity index (χ1n) is 7.46. The highest BCUT2D eigenvalue weighted by Crippen LogP contribution is 2.51. The summed E-state index contributed by atoms with van der Waals surface area (Å²) in [4.78, 5) is 23.7. The van der Waals surface area contributed by atoms with Gasteiger partial charge in [-0.25, -0.2) is 0 Å². The van der Waals surface area contributed by atoms with Crippen molar-refractivity contribution in [2.45, 2.75) is 32.6 Å². The molecule has 1 N–H and O–H groups in total. The summed E-state index contributed by atoms with van der Waals surface area (Å²) in [6, 6.07) is 7.80. The molecule has 0 aromatic heterocycles. The fraction of sp³-hybridized carbons (Fsp3) is 0.412. The third kappa shape index (κ3) is 2.57. The number of amides is 1. The maximum absolute atomic E-state index is 12.3. The van der Waals surface area contributed by atoms with Crippen molar-refractivity contribution in [3.05, 3.63) is 34.3 Å². The van der Waals surface area contributed by atoms with Crippen LogP contribution in [0.3, 0.4) is 0 Å². The van der Waals surface area contributed by atoms with Crippen LogP contribution in [-0.4, -0.2) is 11.7 Å². The number of carbonyl (C=O) groups is 2. The summed E-state index contributed by atoms with van der Waals surface area (Å²) in [5.41, 5.74) is 3.03. The van der Waals surface area contributed by atoms with Gasteiger partial charge in [-0.3, -0.25) is 9.59 Å². The van der Waals surface area contributed by atoms with E-state index in [1.807, 2.05) is 31.2 Å². The summed E-state index contributed by atoms with van der Waals surface area (Å²) < 4.78 is 0.752. The number of nitrogens with one attached hydrogen (secondary N) is 1. The highest BCUT2D eigenvalue weighted by atomic mass is 79.9. The largest absolute Gasteiger partial charge is 0.326 e. The quantitative estimate of drug-likeness (QED) is 0.892. The molecule has 3 nitrogen and oxygen atoms in total. The van der Waals surface area contributed by atoms with Crippen molar-refractivity contribution in [2.75, 3.05) is 5.32 Å². The minimum Gasteiger partial charge on any atom is -0.326 e. The zero-order valence-electron chi connectivity index (χ0n) is 12.0. The highest BCUT2D eigenvalue weighted by Gasteiger charge is 2.43. The number of Topliss-reactive ketones (excluding diaryl/α,β-unsaturated/α-hetero) is 1. The lowest BCUT2D eigenvalue weighted by atomic mass is 9.90. The van der Waals surface area contributed by atoms with Crippen molar-refractivity contribution in [2.24, 2.45) is 11.8 Å². The van der Waals surface area contributed by atoms with Crippen LogP contribution in [0.25, 0.3) is 5.57 Å². The molecule has 1 saturated carbocycles. The average molecular weight is 348 g/mol. The molecule has 0 heterocycles. The molecular formula is C17H18BrNO2. The second-order valence-corrected chi connectivity index (χ2v) is 6.51. The Hall–Kier alpha value is -1.42. The van der Waals surface area contributed by atoms with Gasteiger partial charge in [0.2, 0.25) is 5.91 Å². The van der Waals surface area contributed by atoms with E-state index in [4.69, 9.17) is 0 Å². The van der Waals surface area contributed by atoms with E-state index in [0.29, 0.717) is 12.3 Å². The van der Waals surface area contributed by atoms with Crippen molar-refractivity contribution < 1.29 is 9.59 Å². The van der Waals surface area contributed by atoms with E-state index in [0.717, 1.165) is 40.6 Å². The van der Waals surface area contributed by atoms with Crippen LogP contribution in [0.2, 0.25) is 0 Å². The van der Waals surface area contributed by atoms with Gasteiger partial charge < -0.3 is 5.32 Å². The molecule has 0 aliphatic heterocycles. The van der Waals surface area contributed by atoms with E-state index in [-0.39, 0.29) is 17.6 Å². The van der Waals surface area contributed by atoms with Crippen LogP contribution >= 0.6 is 15.9 Å². The Balaban J connectivity index is 1.87. The van der Waals surface area contributed by atoms with Crippen LogP contribution in [0.5, 0.6) is 0 Å². The van der Waals surface area contributed by atoms with E-state index in [2.05, 4.69) is 21.2 Å². The van der Waals surface area contributed by atoms with Gasteiger partial charge in [0.05, 0.1) is 4.48 Å². The standard InChI is InChI=1S/C17H18BrNO2/c1-2-14(20)19-11-8-6-10(7-9-11)15-12-4-3-5-13(12)17(21)16(15)18/h6-9,12-13H,2-5H2,1H3,(H,19,20). The van der Waals surface area contributed by atoms with Gasteiger partial charge in [-0.05, 0) is 58.0 Å². The van der Waals surface area contributed by atoms with Crippen molar-refractivity contribution in [3.8, 4) is 0 Å². The van der Waals surface area contributed by atoms with E-state index >= 15 is 0 Å². The third-order valence-electron chi connectivity index (χ3n) is 4.48. The van der Waals surface area contributed by atoms with Gasteiger partial charge in [-0.1, -0.05) is 25.5 Å². The first-order chi connectivity index (χ1) is 10.1. The number of halogens is 1. The lowest BCUT2D eigenvalue weighted by Crippen LogP contribution is -2.10. The maximum Gasteiger partial charge on any atom is 0.224 e. The topological polar surface area (TPSA) is 46.2 Å². The van der Waals surface area contributed by atoms with Crippen LogP contribution < -0.4 is 5.32 Å². The normalized spacial score (nSPS) is 24.4. The van der Waals surface area contributed by atoms with Gasteiger partial charge in [-0.2, -0.15) is 0 Å². The molecule has 0 radical (unpaired) electrons. The number of hydrogen-bond acceptors (Lipinski definition) is 2. The second kappa shape index (κ2) is 5.76. The zero-order chi connectivity index (χ0) is 15.0. The molecule has 1 aromatic rings. The van der Waals surface area contributed by atoms with Gasteiger partial charge in [0.25, 0.3) is 0 Å². The molecule has 0 spiro atoms. The van der Waals surface area contributed by atoms with Crippen molar-refractivity contribution in [1.29, 1.82) is 0 Å².